The molecule has 0 heterocycles. The summed E-state index contributed by atoms with van der Waals surface area (Å²) in [5.74, 6) is 1.35. The fraction of sp³-hybridized carbons (Fsp3) is 0.231. The molecule has 0 unspecified atom stereocenters. The van der Waals surface area contributed by atoms with Gasteiger partial charge in [0.2, 0.25) is 0 Å². The number of rotatable bonds is 3. The fourth-order valence-corrected chi connectivity index (χ4v) is 1.32. The molecule has 6 heteroatoms. The van der Waals surface area contributed by atoms with Crippen LogP contribution in [0.15, 0.2) is 18.2 Å². The molecule has 0 aliphatic carbocycles. The molecule has 0 aliphatic rings. The van der Waals surface area contributed by atoms with E-state index in [1.807, 2.05) is 0 Å². The highest BCUT2D eigenvalue weighted by Crippen LogP contribution is 2.24. The molecule has 100 valence electrons. The Morgan fingerprint density at radius 1 is 1.47 bits per heavy atom. The van der Waals surface area contributed by atoms with Gasteiger partial charge in [0.25, 0.3) is 5.91 Å². The molecule has 0 fully saturated rings. The number of carbonyl (C=O) groups excluding carboxylic acids is 2. The first-order chi connectivity index (χ1) is 8.95. The van der Waals surface area contributed by atoms with E-state index in [2.05, 4.69) is 5.92 Å². The predicted octanol–water partition coefficient (Wildman–Crippen LogP) is 1.90. The van der Waals surface area contributed by atoms with E-state index in [4.69, 9.17) is 27.6 Å². The van der Waals surface area contributed by atoms with Crippen molar-refractivity contribution in [3.63, 3.8) is 0 Å². The number of carbonyl (C=O) groups is 2. The number of ether oxygens (including phenoxy) is 1. The van der Waals surface area contributed by atoms with Gasteiger partial charge in [-0.3, -0.25) is 4.79 Å². The molecular formula is C13H12ClNO4. The smallest absolute Gasteiger partial charge is 0.367 e. The van der Waals surface area contributed by atoms with Crippen molar-refractivity contribution < 1.29 is 19.2 Å². The first kappa shape index (κ1) is 14.9. The van der Waals surface area contributed by atoms with Gasteiger partial charge in [-0.1, -0.05) is 17.5 Å². The molecule has 1 aromatic rings. The van der Waals surface area contributed by atoms with Crippen molar-refractivity contribution in [1.82, 2.24) is 5.06 Å². The zero-order chi connectivity index (χ0) is 14.4. The van der Waals surface area contributed by atoms with Crippen molar-refractivity contribution in [3.8, 4) is 18.1 Å². The molecule has 1 aromatic carbocycles. The number of nitrogens with zero attached hydrogens (tertiary/aromatic N) is 1. The van der Waals surface area contributed by atoms with E-state index in [1.54, 1.807) is 6.07 Å². The van der Waals surface area contributed by atoms with E-state index in [9.17, 15) is 9.59 Å². The Morgan fingerprint density at radius 2 is 2.16 bits per heavy atom. The summed E-state index contributed by atoms with van der Waals surface area (Å²) in [5.41, 5.74) is 0.0934. The zero-order valence-electron chi connectivity index (χ0n) is 10.5. The number of hydrogen-bond acceptors (Lipinski definition) is 4. The van der Waals surface area contributed by atoms with Gasteiger partial charge in [-0.15, -0.1) is 6.42 Å². The lowest BCUT2D eigenvalue weighted by atomic mass is 10.2. The highest BCUT2D eigenvalue weighted by molar-refractivity contribution is 6.31. The van der Waals surface area contributed by atoms with Crippen LogP contribution in [0.4, 0.5) is 0 Å². The van der Waals surface area contributed by atoms with Crippen molar-refractivity contribution in [3.05, 3.63) is 28.8 Å². The second-order valence-electron chi connectivity index (χ2n) is 3.53. The van der Waals surface area contributed by atoms with E-state index in [1.165, 1.54) is 26.1 Å². The molecule has 0 bridgehead atoms. The average Bonchev–Trinajstić information content (AvgIpc) is 2.36. The van der Waals surface area contributed by atoms with Gasteiger partial charge in [0.05, 0.1) is 0 Å². The van der Waals surface area contributed by atoms with Crippen molar-refractivity contribution in [1.29, 1.82) is 0 Å². The maximum Gasteiger partial charge on any atom is 0.367 e. The van der Waals surface area contributed by atoms with Gasteiger partial charge in [0.1, 0.15) is 17.9 Å². The monoisotopic (exact) mass is 281 g/mol. The lowest BCUT2D eigenvalue weighted by Gasteiger charge is -2.15. The van der Waals surface area contributed by atoms with Crippen LogP contribution in [0.3, 0.4) is 0 Å². The van der Waals surface area contributed by atoms with Gasteiger partial charge in [0.15, 0.2) is 0 Å². The number of amides is 1. The molecule has 0 spiro atoms. The largest absolute Gasteiger partial charge is 0.480 e. The summed E-state index contributed by atoms with van der Waals surface area (Å²) in [6, 6.07) is 4.44. The van der Waals surface area contributed by atoms with Crippen LogP contribution in [0.5, 0.6) is 5.75 Å². The van der Waals surface area contributed by atoms with Crippen LogP contribution >= 0.6 is 11.6 Å². The number of halogens is 1. The van der Waals surface area contributed by atoms with Crippen LogP contribution in [0, 0.1) is 12.3 Å². The summed E-state index contributed by atoms with van der Waals surface area (Å²) in [5, 5.41) is 1.15. The molecule has 0 aliphatic heterocycles. The fourth-order valence-electron chi connectivity index (χ4n) is 1.14. The van der Waals surface area contributed by atoms with E-state index in [0.717, 1.165) is 5.06 Å². The van der Waals surface area contributed by atoms with Gasteiger partial charge >= 0.3 is 5.97 Å². The van der Waals surface area contributed by atoms with Gasteiger partial charge in [-0.25, -0.2) is 4.79 Å². The van der Waals surface area contributed by atoms with Crippen LogP contribution < -0.4 is 4.74 Å². The number of hydrogen-bond donors (Lipinski definition) is 0. The van der Waals surface area contributed by atoms with Crippen LogP contribution in [-0.4, -0.2) is 30.6 Å². The summed E-state index contributed by atoms with van der Waals surface area (Å²) >= 11 is 5.81. The van der Waals surface area contributed by atoms with Gasteiger partial charge in [-0.05, 0) is 18.2 Å². The molecular weight excluding hydrogens is 270 g/mol. The van der Waals surface area contributed by atoms with Crippen molar-refractivity contribution in [2.45, 2.75) is 6.92 Å². The Kier molecular flexibility index (Phi) is 5.22. The van der Waals surface area contributed by atoms with Gasteiger partial charge < -0.3 is 9.57 Å². The third-order valence-electron chi connectivity index (χ3n) is 2.14. The Labute approximate surface area is 116 Å². The van der Waals surface area contributed by atoms with Crippen molar-refractivity contribution in [2.24, 2.45) is 0 Å². The Morgan fingerprint density at radius 3 is 2.74 bits per heavy atom. The normalized spacial score (nSPS) is 9.37. The van der Waals surface area contributed by atoms with Crippen molar-refractivity contribution >= 4 is 23.5 Å². The quantitative estimate of drug-likeness (QED) is 0.627. The predicted molar refractivity (Wildman–Crippen MR) is 69.6 cm³/mol. The highest BCUT2D eigenvalue weighted by Gasteiger charge is 2.18. The summed E-state index contributed by atoms with van der Waals surface area (Å²) in [4.78, 5) is 27.7. The second kappa shape index (κ2) is 6.66. The van der Waals surface area contributed by atoms with E-state index in [0.29, 0.717) is 5.02 Å². The number of benzene rings is 1. The zero-order valence-corrected chi connectivity index (χ0v) is 11.2. The lowest BCUT2D eigenvalue weighted by molar-refractivity contribution is -0.158. The second-order valence-corrected chi connectivity index (χ2v) is 3.96. The summed E-state index contributed by atoms with van der Waals surface area (Å²) in [6.07, 6.45) is 5.08. The summed E-state index contributed by atoms with van der Waals surface area (Å²) in [6.45, 7) is 1.27. The molecule has 0 saturated carbocycles. The number of hydroxylamine groups is 2. The maximum atomic E-state index is 11.9. The molecule has 0 radical (unpaired) electrons. The molecule has 0 saturated heterocycles. The summed E-state index contributed by atoms with van der Waals surface area (Å²) in [7, 11) is 1.33. The molecule has 0 aromatic heterocycles. The highest BCUT2D eigenvalue weighted by atomic mass is 35.5. The van der Waals surface area contributed by atoms with E-state index >= 15 is 0 Å². The Bertz CT molecular complexity index is 536. The molecule has 1 rings (SSSR count). The van der Waals surface area contributed by atoms with Crippen LogP contribution in [0.1, 0.15) is 17.3 Å². The molecule has 0 atom stereocenters. The molecule has 19 heavy (non-hydrogen) atoms. The SMILES string of the molecule is C#CCOc1ccc(Cl)cc1C(=O)ON(C)C(C)=O. The Balaban J connectivity index is 2.97. The molecule has 0 N–H and O–H groups in total. The first-order valence-electron chi connectivity index (χ1n) is 5.28. The topological polar surface area (TPSA) is 55.8 Å². The minimum absolute atomic E-state index is 0.00442. The Hall–Kier alpha value is -2.19. The molecule has 5 nitrogen and oxygen atoms in total. The first-order valence-corrected chi connectivity index (χ1v) is 5.66. The van der Waals surface area contributed by atoms with Crippen LogP contribution in [0.2, 0.25) is 5.02 Å². The van der Waals surface area contributed by atoms with E-state index in [-0.39, 0.29) is 17.9 Å². The van der Waals surface area contributed by atoms with E-state index < -0.39 is 11.9 Å². The van der Waals surface area contributed by atoms with Gasteiger partial charge in [-0.2, -0.15) is 5.06 Å². The lowest BCUT2D eigenvalue weighted by Crippen LogP contribution is -2.27. The minimum atomic E-state index is -0.757. The minimum Gasteiger partial charge on any atom is -0.480 e. The van der Waals surface area contributed by atoms with Crippen LogP contribution in [-0.2, 0) is 9.63 Å². The van der Waals surface area contributed by atoms with Crippen molar-refractivity contribution in [2.75, 3.05) is 13.7 Å². The average molecular weight is 282 g/mol. The third kappa shape index (κ3) is 4.19. The molecule has 1 amide bonds. The standard InChI is InChI=1S/C13H12ClNO4/c1-4-7-18-12-6-5-10(14)8-11(12)13(17)19-15(3)9(2)16/h1,5-6,8H,7H2,2-3H3. The maximum absolute atomic E-state index is 11.9. The van der Waals surface area contributed by atoms with Gasteiger partial charge in [0, 0.05) is 19.0 Å². The summed E-state index contributed by atoms with van der Waals surface area (Å²) < 4.78 is 5.21. The van der Waals surface area contributed by atoms with Crippen LogP contribution in [0.25, 0.3) is 0 Å². The third-order valence-corrected chi connectivity index (χ3v) is 2.37. The number of terminal acetylenes is 1.